The number of carbonyl (C=O) groups is 2. The predicted molar refractivity (Wildman–Crippen MR) is 103 cm³/mol. The number of aromatic nitrogens is 2. The van der Waals surface area contributed by atoms with Crippen molar-refractivity contribution in [2.24, 2.45) is 11.0 Å². The Balaban J connectivity index is 1.38. The summed E-state index contributed by atoms with van der Waals surface area (Å²) in [6.45, 7) is 1.30. The number of carboxylic acids is 1. The fourth-order valence-electron chi connectivity index (χ4n) is 3.69. The van der Waals surface area contributed by atoms with E-state index < -0.39 is 5.97 Å². The molecule has 3 heterocycles. The summed E-state index contributed by atoms with van der Waals surface area (Å²) in [6.07, 6.45) is 6.55. The number of piperidine rings is 1. The van der Waals surface area contributed by atoms with Crippen molar-refractivity contribution >= 4 is 24.0 Å². The summed E-state index contributed by atoms with van der Waals surface area (Å²) in [5.74, 6) is -0.576. The fraction of sp³-hybridized carbons (Fsp3) is 0.350. The van der Waals surface area contributed by atoms with Gasteiger partial charge in [0.25, 0.3) is 0 Å². The van der Waals surface area contributed by atoms with Gasteiger partial charge in [0.1, 0.15) is 0 Å². The maximum Gasteiger partial charge on any atom is 0.338 e. The zero-order chi connectivity index (χ0) is 19.5. The first kappa shape index (κ1) is 18.1. The van der Waals surface area contributed by atoms with E-state index >= 15 is 0 Å². The van der Waals surface area contributed by atoms with Gasteiger partial charge in [-0.25, -0.2) is 19.8 Å². The molecular formula is C20H21N5O3. The summed E-state index contributed by atoms with van der Waals surface area (Å²) in [4.78, 5) is 34.2. The molecule has 0 spiro atoms. The zero-order valence-corrected chi connectivity index (χ0v) is 15.3. The van der Waals surface area contributed by atoms with Crippen molar-refractivity contribution in [3.8, 4) is 0 Å². The third-order valence-electron chi connectivity index (χ3n) is 5.25. The van der Waals surface area contributed by atoms with E-state index in [4.69, 9.17) is 5.11 Å². The Kier molecular flexibility index (Phi) is 5.01. The van der Waals surface area contributed by atoms with Crippen LogP contribution in [0.2, 0.25) is 0 Å². The first-order valence-electron chi connectivity index (χ1n) is 9.34. The van der Waals surface area contributed by atoms with Crippen molar-refractivity contribution in [3.05, 3.63) is 53.9 Å². The number of carbonyl (C=O) groups excluding carboxylic acids is 1. The van der Waals surface area contributed by atoms with Crippen molar-refractivity contribution in [2.75, 3.05) is 18.0 Å². The number of rotatable bonds is 4. The van der Waals surface area contributed by atoms with Gasteiger partial charge in [0, 0.05) is 44.0 Å². The molecule has 1 N–H and O–H groups in total. The zero-order valence-electron chi connectivity index (χ0n) is 15.3. The molecule has 1 aromatic carbocycles. The fourth-order valence-corrected chi connectivity index (χ4v) is 3.69. The van der Waals surface area contributed by atoms with E-state index in [0.717, 1.165) is 12.0 Å². The smallest absolute Gasteiger partial charge is 0.338 e. The third-order valence-corrected chi connectivity index (χ3v) is 5.25. The second-order valence-corrected chi connectivity index (χ2v) is 6.98. The van der Waals surface area contributed by atoms with Crippen LogP contribution in [0.15, 0.2) is 47.8 Å². The van der Waals surface area contributed by atoms with Crippen LogP contribution in [-0.2, 0) is 4.79 Å². The van der Waals surface area contributed by atoms with Crippen LogP contribution in [0.1, 0.15) is 41.2 Å². The van der Waals surface area contributed by atoms with E-state index in [1.165, 1.54) is 12.4 Å². The van der Waals surface area contributed by atoms with Gasteiger partial charge in [0.05, 0.1) is 11.6 Å². The number of hydrogen-bond donors (Lipinski definition) is 1. The number of aromatic carboxylic acids is 1. The molecule has 1 atom stereocenters. The molecule has 0 radical (unpaired) electrons. The van der Waals surface area contributed by atoms with Crippen LogP contribution in [0.25, 0.3) is 0 Å². The number of hydrazone groups is 1. The van der Waals surface area contributed by atoms with Crippen LogP contribution < -0.4 is 4.90 Å². The van der Waals surface area contributed by atoms with Gasteiger partial charge < -0.3 is 10.0 Å². The van der Waals surface area contributed by atoms with E-state index in [1.807, 2.05) is 41.4 Å². The van der Waals surface area contributed by atoms with Crippen LogP contribution in [-0.4, -0.2) is 51.3 Å². The number of nitrogens with zero attached hydrogens (tertiary/aromatic N) is 5. The molecule has 2 aromatic rings. The van der Waals surface area contributed by atoms with E-state index in [2.05, 4.69) is 15.1 Å². The number of amides is 1. The monoisotopic (exact) mass is 379 g/mol. The highest BCUT2D eigenvalue weighted by atomic mass is 16.4. The summed E-state index contributed by atoms with van der Waals surface area (Å²) in [6, 6.07) is 9.94. The number of hydrogen-bond acceptors (Lipinski definition) is 6. The molecule has 2 aliphatic heterocycles. The lowest BCUT2D eigenvalue weighted by Gasteiger charge is -2.33. The summed E-state index contributed by atoms with van der Waals surface area (Å²) in [5, 5.41) is 14.9. The van der Waals surface area contributed by atoms with Gasteiger partial charge >= 0.3 is 5.97 Å². The van der Waals surface area contributed by atoms with Gasteiger partial charge in [0.15, 0.2) is 0 Å². The first-order chi connectivity index (χ1) is 13.6. The van der Waals surface area contributed by atoms with Gasteiger partial charge in [-0.3, -0.25) is 4.79 Å². The average molecular weight is 379 g/mol. The lowest BCUT2D eigenvalue weighted by molar-refractivity contribution is -0.138. The quantitative estimate of drug-likeness (QED) is 0.875. The molecule has 0 aliphatic carbocycles. The molecular weight excluding hydrogens is 358 g/mol. The SMILES string of the molecule is O=C(O)c1cnc(N2CCC(C(=O)N3N=CCC3c3ccccc3)CC2)nc1. The van der Waals surface area contributed by atoms with Crippen molar-refractivity contribution in [3.63, 3.8) is 0 Å². The van der Waals surface area contributed by atoms with Gasteiger partial charge in [-0.15, -0.1) is 0 Å². The largest absolute Gasteiger partial charge is 0.478 e. The molecule has 4 rings (SSSR count). The van der Waals surface area contributed by atoms with Crippen molar-refractivity contribution in [2.45, 2.75) is 25.3 Å². The number of carboxylic acid groups (broad SMARTS) is 1. The summed E-state index contributed by atoms with van der Waals surface area (Å²) >= 11 is 0. The molecule has 2 aliphatic rings. The Morgan fingerprint density at radius 1 is 1.04 bits per heavy atom. The molecule has 1 unspecified atom stereocenters. The van der Waals surface area contributed by atoms with Gasteiger partial charge in [0.2, 0.25) is 11.9 Å². The van der Waals surface area contributed by atoms with Crippen LogP contribution in [0.4, 0.5) is 5.95 Å². The summed E-state index contributed by atoms with van der Waals surface area (Å²) < 4.78 is 0. The minimum Gasteiger partial charge on any atom is -0.478 e. The van der Waals surface area contributed by atoms with Crippen LogP contribution >= 0.6 is 0 Å². The molecule has 1 amide bonds. The Bertz CT molecular complexity index is 876. The summed E-state index contributed by atoms with van der Waals surface area (Å²) in [7, 11) is 0. The lowest BCUT2D eigenvalue weighted by atomic mass is 9.94. The Hall–Kier alpha value is -3.29. The second-order valence-electron chi connectivity index (χ2n) is 6.98. The molecule has 1 fully saturated rings. The Labute approximate surface area is 162 Å². The molecule has 0 saturated carbocycles. The highest BCUT2D eigenvalue weighted by Crippen LogP contribution is 2.32. The minimum atomic E-state index is -1.05. The van der Waals surface area contributed by atoms with Crippen LogP contribution in [0.5, 0.6) is 0 Å². The molecule has 8 nitrogen and oxygen atoms in total. The van der Waals surface area contributed by atoms with Gasteiger partial charge in [-0.05, 0) is 18.4 Å². The normalized spacial score (nSPS) is 19.8. The minimum absolute atomic E-state index is 0.0291. The van der Waals surface area contributed by atoms with Crippen LogP contribution in [0.3, 0.4) is 0 Å². The van der Waals surface area contributed by atoms with Gasteiger partial charge in [-0.2, -0.15) is 5.10 Å². The maximum absolute atomic E-state index is 13.0. The number of benzene rings is 1. The third kappa shape index (κ3) is 3.58. The topological polar surface area (TPSA) is 99.0 Å². The van der Waals surface area contributed by atoms with E-state index in [-0.39, 0.29) is 23.4 Å². The van der Waals surface area contributed by atoms with E-state index in [9.17, 15) is 9.59 Å². The van der Waals surface area contributed by atoms with Crippen molar-refractivity contribution in [1.82, 2.24) is 15.0 Å². The first-order valence-corrected chi connectivity index (χ1v) is 9.34. The molecule has 1 aromatic heterocycles. The molecule has 28 heavy (non-hydrogen) atoms. The number of anilines is 1. The lowest BCUT2D eigenvalue weighted by Crippen LogP contribution is -2.41. The molecule has 1 saturated heterocycles. The summed E-state index contributed by atoms with van der Waals surface area (Å²) in [5.41, 5.74) is 1.16. The predicted octanol–water partition coefficient (Wildman–Crippen LogP) is 2.35. The standard InChI is InChI=1S/C20H21N5O3/c26-18(25-17(6-9-23-25)14-4-2-1-3-5-14)15-7-10-24(11-8-15)20-21-12-16(13-22-20)19(27)28/h1-5,9,12-13,15,17H,6-8,10-11H2,(H,27,28). The second kappa shape index (κ2) is 7.75. The average Bonchev–Trinajstić information content (AvgIpc) is 3.24. The molecule has 144 valence electrons. The Morgan fingerprint density at radius 3 is 2.36 bits per heavy atom. The van der Waals surface area contributed by atoms with Gasteiger partial charge in [-0.1, -0.05) is 30.3 Å². The Morgan fingerprint density at radius 2 is 1.71 bits per heavy atom. The van der Waals surface area contributed by atoms with E-state index in [0.29, 0.717) is 31.9 Å². The maximum atomic E-state index is 13.0. The van der Waals surface area contributed by atoms with Crippen molar-refractivity contribution in [1.29, 1.82) is 0 Å². The van der Waals surface area contributed by atoms with Crippen LogP contribution in [0, 0.1) is 5.92 Å². The molecule has 8 heteroatoms. The highest BCUT2D eigenvalue weighted by molar-refractivity contribution is 5.86. The highest BCUT2D eigenvalue weighted by Gasteiger charge is 2.35. The van der Waals surface area contributed by atoms with E-state index in [1.54, 1.807) is 5.01 Å². The molecule has 0 bridgehead atoms. The van der Waals surface area contributed by atoms with Crippen molar-refractivity contribution < 1.29 is 14.7 Å².